The first kappa shape index (κ1) is 18.6. The first-order valence-electron chi connectivity index (χ1n) is 8.85. The molecule has 0 aliphatic rings. The Morgan fingerprint density at radius 1 is 1.07 bits per heavy atom. The predicted octanol–water partition coefficient (Wildman–Crippen LogP) is 4.80. The van der Waals surface area contributed by atoms with Crippen LogP contribution >= 0.6 is 23.1 Å². The van der Waals surface area contributed by atoms with Crippen LogP contribution in [0.15, 0.2) is 72.3 Å². The van der Waals surface area contributed by atoms with Gasteiger partial charge in [0.15, 0.2) is 10.3 Å². The van der Waals surface area contributed by atoms with Crippen molar-refractivity contribution in [2.24, 2.45) is 0 Å². The molecule has 0 aliphatic heterocycles. The van der Waals surface area contributed by atoms with Crippen LogP contribution in [0.5, 0.6) is 0 Å². The van der Waals surface area contributed by atoms with Crippen LogP contribution < -0.4 is 5.32 Å². The van der Waals surface area contributed by atoms with Gasteiger partial charge in [-0.3, -0.25) is 4.79 Å². The topological polar surface area (TPSA) is 67.8 Å². The Hall–Kier alpha value is -2.77. The second kappa shape index (κ2) is 8.50. The molecule has 0 saturated carbocycles. The molecule has 0 fully saturated rings. The Labute approximate surface area is 171 Å². The summed E-state index contributed by atoms with van der Waals surface area (Å²) in [5.41, 5.74) is 1.25. The predicted molar refractivity (Wildman–Crippen MR) is 115 cm³/mol. The molecule has 140 valence electrons. The fourth-order valence-corrected chi connectivity index (χ4v) is 4.41. The molecule has 28 heavy (non-hydrogen) atoms. The largest absolute Gasteiger partial charge is 0.301 e. The molecular weight excluding hydrogens is 388 g/mol. The molecule has 0 saturated heterocycles. The Balaban J connectivity index is 1.42. The van der Waals surface area contributed by atoms with Gasteiger partial charge in [0.05, 0.1) is 5.25 Å². The lowest BCUT2D eigenvalue weighted by Gasteiger charge is -2.08. The highest BCUT2D eigenvalue weighted by atomic mass is 32.2. The number of benzene rings is 2. The minimum absolute atomic E-state index is 0.108. The van der Waals surface area contributed by atoms with Gasteiger partial charge < -0.3 is 5.32 Å². The standard InChI is InChI=1S/C21H18N4OS2/c1-14(27-20-22-10-5-11-23-20)19(26)25-21-24-13-17(28-21)12-16-8-4-7-15-6-2-3-9-18(15)16/h2-11,13-14H,12H2,1H3,(H,24,25,26). The number of hydrogen-bond donors (Lipinski definition) is 1. The molecule has 1 amide bonds. The van der Waals surface area contributed by atoms with E-state index in [0.717, 1.165) is 11.3 Å². The van der Waals surface area contributed by atoms with E-state index in [2.05, 4.69) is 56.7 Å². The number of nitrogens with zero attached hydrogens (tertiary/aromatic N) is 3. The van der Waals surface area contributed by atoms with Crippen molar-refractivity contribution in [3.8, 4) is 0 Å². The quantitative estimate of drug-likeness (QED) is 0.368. The van der Waals surface area contributed by atoms with Gasteiger partial charge in [0.2, 0.25) is 5.91 Å². The van der Waals surface area contributed by atoms with Crippen LogP contribution in [0.25, 0.3) is 10.8 Å². The summed E-state index contributed by atoms with van der Waals surface area (Å²) in [4.78, 5) is 26.2. The molecule has 2 aromatic carbocycles. The fourth-order valence-electron chi connectivity index (χ4n) is 2.85. The lowest BCUT2D eigenvalue weighted by Crippen LogP contribution is -2.22. The van der Waals surface area contributed by atoms with E-state index in [-0.39, 0.29) is 11.2 Å². The minimum atomic E-state index is -0.312. The van der Waals surface area contributed by atoms with Crippen molar-refractivity contribution in [3.63, 3.8) is 0 Å². The highest BCUT2D eigenvalue weighted by molar-refractivity contribution is 8.00. The van der Waals surface area contributed by atoms with Gasteiger partial charge in [-0.2, -0.15) is 0 Å². The van der Waals surface area contributed by atoms with E-state index in [1.54, 1.807) is 18.5 Å². The molecule has 2 aromatic heterocycles. The van der Waals surface area contributed by atoms with E-state index < -0.39 is 0 Å². The normalized spacial score (nSPS) is 12.0. The van der Waals surface area contributed by atoms with Crippen molar-refractivity contribution in [2.75, 3.05) is 5.32 Å². The van der Waals surface area contributed by atoms with Crippen molar-refractivity contribution in [2.45, 2.75) is 23.8 Å². The summed E-state index contributed by atoms with van der Waals surface area (Å²) >= 11 is 2.83. The van der Waals surface area contributed by atoms with Crippen LogP contribution in [-0.4, -0.2) is 26.1 Å². The number of thiazole rings is 1. The van der Waals surface area contributed by atoms with Gasteiger partial charge in [-0.1, -0.05) is 54.2 Å². The van der Waals surface area contributed by atoms with E-state index in [1.807, 2.05) is 19.2 Å². The van der Waals surface area contributed by atoms with Crippen LogP contribution in [0.1, 0.15) is 17.4 Å². The van der Waals surface area contributed by atoms with Crippen LogP contribution in [0.2, 0.25) is 0 Å². The zero-order valence-electron chi connectivity index (χ0n) is 15.2. The summed E-state index contributed by atoms with van der Waals surface area (Å²) in [5, 5.41) is 6.26. The summed E-state index contributed by atoms with van der Waals surface area (Å²) in [6, 6.07) is 16.4. The van der Waals surface area contributed by atoms with E-state index in [0.29, 0.717) is 10.3 Å². The Morgan fingerprint density at radius 2 is 1.86 bits per heavy atom. The Morgan fingerprint density at radius 3 is 2.71 bits per heavy atom. The maximum Gasteiger partial charge on any atom is 0.239 e. The molecule has 0 radical (unpaired) electrons. The first-order valence-corrected chi connectivity index (χ1v) is 10.5. The van der Waals surface area contributed by atoms with Gasteiger partial charge in [0, 0.05) is 29.9 Å². The summed E-state index contributed by atoms with van der Waals surface area (Å²) in [7, 11) is 0. The third-order valence-corrected chi connectivity index (χ3v) is 6.12. The van der Waals surface area contributed by atoms with Gasteiger partial charge in [0.25, 0.3) is 0 Å². The SMILES string of the molecule is CC(Sc1ncccn1)C(=O)Nc1ncc(Cc2cccc3ccccc23)s1. The molecule has 7 heteroatoms. The number of hydrogen-bond acceptors (Lipinski definition) is 6. The van der Waals surface area contributed by atoms with Crippen molar-refractivity contribution < 1.29 is 4.79 Å². The molecule has 4 aromatic rings. The number of carbonyl (C=O) groups excluding carboxylic acids is 1. The third-order valence-electron chi connectivity index (χ3n) is 4.22. The summed E-state index contributed by atoms with van der Waals surface area (Å²) in [6.45, 7) is 1.83. The number of rotatable bonds is 6. The van der Waals surface area contributed by atoms with Crippen LogP contribution in [-0.2, 0) is 11.2 Å². The average Bonchev–Trinajstić information content (AvgIpc) is 3.16. The molecule has 1 unspecified atom stereocenters. The lowest BCUT2D eigenvalue weighted by atomic mass is 10.0. The number of amides is 1. The van der Waals surface area contributed by atoms with Crippen LogP contribution in [0.4, 0.5) is 5.13 Å². The molecule has 0 aliphatic carbocycles. The maximum absolute atomic E-state index is 12.4. The molecule has 1 atom stereocenters. The molecule has 1 N–H and O–H groups in total. The zero-order chi connectivity index (χ0) is 19.3. The summed E-state index contributed by atoms with van der Waals surface area (Å²) < 4.78 is 0. The molecule has 0 spiro atoms. The molecule has 2 heterocycles. The van der Waals surface area contributed by atoms with E-state index >= 15 is 0 Å². The number of thioether (sulfide) groups is 1. The zero-order valence-corrected chi connectivity index (χ0v) is 16.8. The van der Waals surface area contributed by atoms with Crippen molar-refractivity contribution in [1.82, 2.24) is 15.0 Å². The summed E-state index contributed by atoms with van der Waals surface area (Å²) in [6.07, 6.45) is 5.96. The molecule has 4 rings (SSSR count). The van der Waals surface area contributed by atoms with Gasteiger partial charge in [-0.05, 0) is 29.3 Å². The summed E-state index contributed by atoms with van der Waals surface area (Å²) in [5.74, 6) is -0.108. The maximum atomic E-state index is 12.4. The fraction of sp³-hybridized carbons (Fsp3) is 0.143. The molecule has 0 bridgehead atoms. The highest BCUT2D eigenvalue weighted by Gasteiger charge is 2.17. The van der Waals surface area contributed by atoms with Crippen molar-refractivity contribution >= 4 is 44.9 Å². The number of aromatic nitrogens is 3. The van der Waals surface area contributed by atoms with Gasteiger partial charge in [0.1, 0.15) is 0 Å². The van der Waals surface area contributed by atoms with Gasteiger partial charge in [-0.25, -0.2) is 15.0 Å². The third kappa shape index (κ3) is 4.37. The number of nitrogens with one attached hydrogen (secondary N) is 1. The van der Waals surface area contributed by atoms with E-state index in [9.17, 15) is 4.79 Å². The van der Waals surface area contributed by atoms with Crippen LogP contribution in [0.3, 0.4) is 0 Å². The molecular formula is C21H18N4OS2. The monoisotopic (exact) mass is 406 g/mol. The Kier molecular flexibility index (Phi) is 5.64. The van der Waals surface area contributed by atoms with Crippen molar-refractivity contribution in [1.29, 1.82) is 0 Å². The minimum Gasteiger partial charge on any atom is -0.301 e. The highest BCUT2D eigenvalue weighted by Crippen LogP contribution is 2.26. The van der Waals surface area contributed by atoms with Gasteiger partial charge >= 0.3 is 0 Å². The second-order valence-electron chi connectivity index (χ2n) is 6.23. The van der Waals surface area contributed by atoms with E-state index in [1.165, 1.54) is 39.4 Å². The van der Waals surface area contributed by atoms with Gasteiger partial charge in [-0.15, -0.1) is 11.3 Å². The molecule has 5 nitrogen and oxygen atoms in total. The lowest BCUT2D eigenvalue weighted by molar-refractivity contribution is -0.115. The van der Waals surface area contributed by atoms with E-state index in [4.69, 9.17) is 0 Å². The smallest absolute Gasteiger partial charge is 0.239 e. The average molecular weight is 407 g/mol. The number of carbonyl (C=O) groups is 1. The number of fused-ring (bicyclic) bond motifs is 1. The first-order chi connectivity index (χ1) is 13.7. The second-order valence-corrected chi connectivity index (χ2v) is 8.65. The van der Waals surface area contributed by atoms with Crippen molar-refractivity contribution in [3.05, 3.63) is 77.6 Å². The Bertz CT molecular complexity index is 1090. The number of anilines is 1. The van der Waals surface area contributed by atoms with Crippen LogP contribution in [0, 0.1) is 0 Å².